The van der Waals surface area contributed by atoms with E-state index in [1.165, 1.54) is 25.7 Å². The summed E-state index contributed by atoms with van der Waals surface area (Å²) in [5.41, 5.74) is 0.779. The predicted octanol–water partition coefficient (Wildman–Crippen LogP) is 7.27. The first kappa shape index (κ1) is 24.6. The summed E-state index contributed by atoms with van der Waals surface area (Å²) in [5, 5.41) is 0. The van der Waals surface area contributed by atoms with Gasteiger partial charge in [0.1, 0.15) is 6.61 Å². The molecule has 29 heavy (non-hydrogen) atoms. The van der Waals surface area contributed by atoms with Crippen LogP contribution < -0.4 is 0 Å². The number of carbonyl (C=O) groups is 1. The first-order valence-electron chi connectivity index (χ1n) is 11.0. The number of unbranched alkanes of at least 4 members (excludes halogenated alkanes) is 4. The van der Waals surface area contributed by atoms with Gasteiger partial charge in [-0.3, -0.25) is 9.78 Å². The molecule has 0 aliphatic heterocycles. The number of nitrogens with zero attached hydrogens (tertiary/aromatic N) is 1. The maximum absolute atomic E-state index is 11.7. The molecule has 3 heteroatoms. The van der Waals surface area contributed by atoms with Crippen molar-refractivity contribution < 1.29 is 9.53 Å². The van der Waals surface area contributed by atoms with Crippen LogP contribution in [0.5, 0.6) is 0 Å². The molecule has 0 unspecified atom stereocenters. The Labute approximate surface area is 177 Å². The normalized spacial score (nSPS) is 12.0. The summed E-state index contributed by atoms with van der Waals surface area (Å²) in [6.07, 6.45) is 29.6. The van der Waals surface area contributed by atoms with E-state index in [-0.39, 0.29) is 12.6 Å². The molecule has 0 aliphatic rings. The third-order valence-electron chi connectivity index (χ3n) is 4.32. The molecule has 0 aliphatic carbocycles. The number of hydrogen-bond acceptors (Lipinski definition) is 3. The summed E-state index contributed by atoms with van der Waals surface area (Å²) in [6.45, 7) is 2.49. The molecule has 0 radical (unpaired) electrons. The van der Waals surface area contributed by atoms with Crippen LogP contribution in [0.25, 0.3) is 0 Å². The van der Waals surface area contributed by atoms with Crippen LogP contribution in [0.1, 0.15) is 76.8 Å². The van der Waals surface area contributed by atoms with E-state index in [1.807, 2.05) is 18.2 Å². The maximum Gasteiger partial charge on any atom is 0.306 e. The van der Waals surface area contributed by atoms with Gasteiger partial charge in [-0.15, -0.1) is 0 Å². The SMILES string of the molecule is CCCCC/C=C\C/C=C\C/C=C\C/C=C\CCCC(=O)OCc1ccccn1. The average Bonchev–Trinajstić information content (AvgIpc) is 2.75. The molecular formula is C26H37NO2. The summed E-state index contributed by atoms with van der Waals surface area (Å²) in [5.74, 6) is -0.161. The lowest BCUT2D eigenvalue weighted by molar-refractivity contribution is -0.145. The zero-order chi connectivity index (χ0) is 20.8. The third kappa shape index (κ3) is 16.3. The van der Waals surface area contributed by atoms with Crippen LogP contribution in [0.4, 0.5) is 0 Å². The van der Waals surface area contributed by atoms with Crippen molar-refractivity contribution >= 4 is 5.97 Å². The Morgan fingerprint density at radius 1 is 0.862 bits per heavy atom. The molecule has 0 spiro atoms. The number of allylic oxidation sites excluding steroid dienone is 8. The van der Waals surface area contributed by atoms with Gasteiger partial charge in [-0.1, -0.05) is 74.4 Å². The summed E-state index contributed by atoms with van der Waals surface area (Å²) in [4.78, 5) is 15.8. The molecule has 1 heterocycles. The van der Waals surface area contributed by atoms with Gasteiger partial charge < -0.3 is 4.74 Å². The van der Waals surface area contributed by atoms with Crippen LogP contribution in [0, 0.1) is 0 Å². The Bertz CT molecular complexity index is 629. The molecule has 0 fully saturated rings. The second-order valence-electron chi connectivity index (χ2n) is 6.96. The van der Waals surface area contributed by atoms with Crippen LogP contribution in [0.15, 0.2) is 73.0 Å². The average molecular weight is 396 g/mol. The Morgan fingerprint density at radius 3 is 2.07 bits per heavy atom. The van der Waals surface area contributed by atoms with Gasteiger partial charge >= 0.3 is 5.97 Å². The molecule has 0 atom stereocenters. The number of carbonyl (C=O) groups excluding carboxylic acids is 1. The zero-order valence-corrected chi connectivity index (χ0v) is 18.0. The van der Waals surface area contributed by atoms with E-state index in [0.29, 0.717) is 6.42 Å². The monoisotopic (exact) mass is 395 g/mol. The van der Waals surface area contributed by atoms with Gasteiger partial charge in [0.25, 0.3) is 0 Å². The van der Waals surface area contributed by atoms with Crippen LogP contribution in [-0.4, -0.2) is 11.0 Å². The van der Waals surface area contributed by atoms with Crippen molar-refractivity contribution in [2.75, 3.05) is 0 Å². The molecule has 3 nitrogen and oxygen atoms in total. The lowest BCUT2D eigenvalue weighted by atomic mass is 10.2. The summed E-state index contributed by atoms with van der Waals surface area (Å²) in [6, 6.07) is 5.59. The van der Waals surface area contributed by atoms with Crippen LogP contribution in [-0.2, 0) is 16.1 Å². The van der Waals surface area contributed by atoms with Crippen molar-refractivity contribution in [2.24, 2.45) is 0 Å². The van der Waals surface area contributed by atoms with E-state index in [9.17, 15) is 4.79 Å². The minimum Gasteiger partial charge on any atom is -0.459 e. The molecule has 1 rings (SSSR count). The number of esters is 1. The lowest BCUT2D eigenvalue weighted by Crippen LogP contribution is -2.04. The van der Waals surface area contributed by atoms with Crippen molar-refractivity contribution in [2.45, 2.75) is 77.7 Å². The lowest BCUT2D eigenvalue weighted by Gasteiger charge is -2.03. The highest BCUT2D eigenvalue weighted by Gasteiger charge is 2.02. The molecule has 0 amide bonds. The first-order valence-corrected chi connectivity index (χ1v) is 11.0. The highest BCUT2D eigenvalue weighted by molar-refractivity contribution is 5.69. The maximum atomic E-state index is 11.7. The van der Waals surface area contributed by atoms with E-state index < -0.39 is 0 Å². The second-order valence-corrected chi connectivity index (χ2v) is 6.96. The molecule has 0 bridgehead atoms. The Kier molecular flexibility index (Phi) is 16.1. The van der Waals surface area contributed by atoms with E-state index in [1.54, 1.807) is 6.20 Å². The fourth-order valence-electron chi connectivity index (χ4n) is 2.64. The topological polar surface area (TPSA) is 39.2 Å². The molecular weight excluding hydrogens is 358 g/mol. The minimum atomic E-state index is -0.161. The van der Waals surface area contributed by atoms with E-state index in [0.717, 1.165) is 37.8 Å². The Hall–Kier alpha value is -2.42. The zero-order valence-electron chi connectivity index (χ0n) is 18.0. The van der Waals surface area contributed by atoms with Crippen molar-refractivity contribution in [1.29, 1.82) is 0 Å². The third-order valence-corrected chi connectivity index (χ3v) is 4.32. The van der Waals surface area contributed by atoms with Crippen LogP contribution in [0.3, 0.4) is 0 Å². The van der Waals surface area contributed by atoms with Crippen LogP contribution in [0.2, 0.25) is 0 Å². The van der Waals surface area contributed by atoms with Gasteiger partial charge in [0.05, 0.1) is 5.69 Å². The Morgan fingerprint density at radius 2 is 1.48 bits per heavy atom. The molecule has 1 aromatic rings. The second kappa shape index (κ2) is 18.9. The molecule has 0 saturated carbocycles. The molecule has 158 valence electrons. The summed E-state index contributed by atoms with van der Waals surface area (Å²) < 4.78 is 5.21. The first-order chi connectivity index (χ1) is 14.3. The van der Waals surface area contributed by atoms with Gasteiger partial charge in [-0.2, -0.15) is 0 Å². The molecule has 0 saturated heterocycles. The van der Waals surface area contributed by atoms with Crippen molar-refractivity contribution in [3.8, 4) is 0 Å². The quantitative estimate of drug-likeness (QED) is 0.168. The minimum absolute atomic E-state index is 0.161. The van der Waals surface area contributed by atoms with Gasteiger partial charge in [0.2, 0.25) is 0 Å². The smallest absolute Gasteiger partial charge is 0.306 e. The molecule has 0 N–H and O–H groups in total. The van der Waals surface area contributed by atoms with E-state index in [2.05, 4.69) is 60.5 Å². The van der Waals surface area contributed by atoms with Crippen molar-refractivity contribution in [1.82, 2.24) is 4.98 Å². The van der Waals surface area contributed by atoms with Gasteiger partial charge in [-0.05, 0) is 57.1 Å². The molecule has 1 aromatic heterocycles. The fraction of sp³-hybridized carbons (Fsp3) is 0.462. The molecule has 0 aromatic carbocycles. The number of aromatic nitrogens is 1. The highest BCUT2D eigenvalue weighted by Crippen LogP contribution is 2.03. The van der Waals surface area contributed by atoms with Gasteiger partial charge in [0, 0.05) is 12.6 Å². The van der Waals surface area contributed by atoms with E-state index >= 15 is 0 Å². The van der Waals surface area contributed by atoms with Crippen molar-refractivity contribution in [3.63, 3.8) is 0 Å². The standard InChI is InChI=1S/C26H37NO2/c1-2-3-4-5-6-7-8-9-10-11-12-13-14-15-16-17-18-22-26(28)29-24-25-21-19-20-23-27-25/h6-7,9-10,12-13,15-16,19-21,23H,2-5,8,11,14,17-18,22,24H2,1H3/b7-6-,10-9-,13-12-,16-15-. The van der Waals surface area contributed by atoms with Gasteiger partial charge in [0.15, 0.2) is 0 Å². The fourth-order valence-corrected chi connectivity index (χ4v) is 2.64. The highest BCUT2D eigenvalue weighted by atomic mass is 16.5. The summed E-state index contributed by atoms with van der Waals surface area (Å²) >= 11 is 0. The van der Waals surface area contributed by atoms with Gasteiger partial charge in [-0.25, -0.2) is 0 Å². The van der Waals surface area contributed by atoms with E-state index in [4.69, 9.17) is 4.74 Å². The Balaban J connectivity index is 1.94. The van der Waals surface area contributed by atoms with Crippen molar-refractivity contribution in [3.05, 3.63) is 78.7 Å². The predicted molar refractivity (Wildman–Crippen MR) is 122 cm³/mol. The number of pyridine rings is 1. The number of hydrogen-bond donors (Lipinski definition) is 0. The largest absolute Gasteiger partial charge is 0.459 e. The number of rotatable bonds is 16. The number of ether oxygens (including phenoxy) is 1. The summed E-state index contributed by atoms with van der Waals surface area (Å²) in [7, 11) is 0. The van der Waals surface area contributed by atoms with Crippen LogP contribution >= 0.6 is 0 Å².